The molecule has 3 aromatic heterocycles. The molecule has 0 bridgehead atoms. The van der Waals surface area contributed by atoms with Gasteiger partial charge in [0, 0.05) is 49.7 Å². The second kappa shape index (κ2) is 5.15. The van der Waals surface area contributed by atoms with Crippen molar-refractivity contribution < 1.29 is 4.79 Å². The minimum atomic E-state index is -0.0217. The number of hydrogen-bond acceptors (Lipinski definition) is 4. The molecule has 7 nitrogen and oxygen atoms in total. The first-order valence-electron chi connectivity index (χ1n) is 8.44. The number of carbonyl (C=O) groups is 1. The van der Waals surface area contributed by atoms with Gasteiger partial charge in [0.2, 0.25) is 5.78 Å². The fourth-order valence-corrected chi connectivity index (χ4v) is 3.50. The van der Waals surface area contributed by atoms with Gasteiger partial charge in [0.1, 0.15) is 5.69 Å². The fraction of sp³-hybridized carbons (Fsp3) is 0.412. The monoisotopic (exact) mass is 322 g/mol. The van der Waals surface area contributed by atoms with Crippen molar-refractivity contribution in [2.75, 3.05) is 13.1 Å². The lowest BCUT2D eigenvalue weighted by atomic mass is 10.1. The zero-order valence-corrected chi connectivity index (χ0v) is 13.3. The van der Waals surface area contributed by atoms with E-state index >= 15 is 0 Å². The molecule has 3 aromatic rings. The number of rotatable bonds is 2. The Labute approximate surface area is 138 Å². The number of H-pyrrole nitrogens is 1. The van der Waals surface area contributed by atoms with Gasteiger partial charge in [0.05, 0.1) is 5.69 Å². The van der Waals surface area contributed by atoms with Gasteiger partial charge < -0.3 is 4.90 Å². The topological polar surface area (TPSA) is 79.2 Å². The maximum absolute atomic E-state index is 12.8. The largest absolute Gasteiger partial charge is 0.337 e. The van der Waals surface area contributed by atoms with E-state index < -0.39 is 0 Å². The number of nitrogens with zero attached hydrogens (tertiary/aromatic N) is 5. The third-order valence-corrected chi connectivity index (χ3v) is 4.95. The third-order valence-electron chi connectivity index (χ3n) is 4.95. The third kappa shape index (κ3) is 2.19. The smallest absolute Gasteiger partial charge is 0.274 e. The molecule has 2 aliphatic rings. The molecule has 122 valence electrons. The highest BCUT2D eigenvalue weighted by atomic mass is 16.2. The second-order valence-corrected chi connectivity index (χ2v) is 6.59. The van der Waals surface area contributed by atoms with Crippen LogP contribution in [-0.4, -0.2) is 48.5 Å². The van der Waals surface area contributed by atoms with Crippen LogP contribution in [-0.2, 0) is 12.8 Å². The van der Waals surface area contributed by atoms with E-state index in [-0.39, 0.29) is 5.91 Å². The highest BCUT2D eigenvalue weighted by Crippen LogP contribution is 2.41. The summed E-state index contributed by atoms with van der Waals surface area (Å²) in [5, 5.41) is 7.70. The molecule has 4 heterocycles. The lowest BCUT2D eigenvalue weighted by Crippen LogP contribution is -2.33. The zero-order valence-electron chi connectivity index (χ0n) is 13.3. The highest BCUT2D eigenvalue weighted by molar-refractivity contribution is 5.92. The first-order chi connectivity index (χ1) is 11.8. The first-order valence-corrected chi connectivity index (χ1v) is 8.44. The summed E-state index contributed by atoms with van der Waals surface area (Å²) in [5.41, 5.74) is 4.23. The summed E-state index contributed by atoms with van der Waals surface area (Å²) in [4.78, 5) is 23.2. The molecule has 0 unspecified atom stereocenters. The molecule has 1 fully saturated rings. The number of amides is 1. The number of aromatic amines is 1. The van der Waals surface area contributed by atoms with E-state index in [1.165, 1.54) is 29.8 Å². The summed E-state index contributed by atoms with van der Waals surface area (Å²) in [6, 6.07) is 1.83. The molecule has 1 amide bonds. The number of carbonyl (C=O) groups excluding carboxylic acids is 1. The maximum atomic E-state index is 12.8. The zero-order chi connectivity index (χ0) is 16.1. The van der Waals surface area contributed by atoms with Crippen LogP contribution in [0.3, 0.4) is 0 Å². The van der Waals surface area contributed by atoms with Crippen molar-refractivity contribution in [3.05, 3.63) is 47.3 Å². The Hall–Kier alpha value is -2.70. The molecular weight excluding hydrogens is 304 g/mol. The number of fused-ring (bicyclic) bond motifs is 2. The summed E-state index contributed by atoms with van der Waals surface area (Å²) in [7, 11) is 0. The van der Waals surface area contributed by atoms with Crippen molar-refractivity contribution in [2.45, 2.75) is 31.6 Å². The van der Waals surface area contributed by atoms with E-state index in [0.29, 0.717) is 30.5 Å². The number of imidazole rings is 1. The fourth-order valence-electron chi connectivity index (χ4n) is 3.50. The second-order valence-electron chi connectivity index (χ2n) is 6.59. The van der Waals surface area contributed by atoms with Crippen LogP contribution in [0.25, 0.3) is 5.78 Å². The van der Waals surface area contributed by atoms with Gasteiger partial charge in [0.25, 0.3) is 5.91 Å². The predicted molar refractivity (Wildman–Crippen MR) is 86.9 cm³/mol. The molecule has 0 atom stereocenters. The van der Waals surface area contributed by atoms with Gasteiger partial charge in [0.15, 0.2) is 0 Å². The Morgan fingerprint density at radius 1 is 1.25 bits per heavy atom. The van der Waals surface area contributed by atoms with Gasteiger partial charge in [-0.2, -0.15) is 5.10 Å². The van der Waals surface area contributed by atoms with E-state index in [2.05, 4.69) is 20.2 Å². The number of hydrogen-bond donors (Lipinski definition) is 1. The van der Waals surface area contributed by atoms with Crippen molar-refractivity contribution in [3.8, 4) is 0 Å². The molecular formula is C17H18N6O. The van der Waals surface area contributed by atoms with Crippen LogP contribution in [0.4, 0.5) is 0 Å². The standard InChI is InChI=1S/C17H18N6O/c24-16(14-10-23-7-1-6-18-17(23)19-14)22-8-4-12-13(5-9-22)20-21-15(12)11-2-3-11/h1,6-7,10-11H,2-5,8-9H2,(H,20,21). The summed E-state index contributed by atoms with van der Waals surface area (Å²) in [5.74, 6) is 1.17. The van der Waals surface area contributed by atoms with Gasteiger partial charge in [-0.05, 0) is 30.9 Å². The summed E-state index contributed by atoms with van der Waals surface area (Å²) < 4.78 is 1.78. The number of aromatic nitrogens is 5. The van der Waals surface area contributed by atoms with Crippen molar-refractivity contribution in [1.82, 2.24) is 29.5 Å². The molecule has 0 spiro atoms. The molecule has 0 saturated heterocycles. The molecule has 7 heteroatoms. The number of nitrogens with one attached hydrogen (secondary N) is 1. The van der Waals surface area contributed by atoms with Crippen LogP contribution in [0.15, 0.2) is 24.7 Å². The van der Waals surface area contributed by atoms with Crippen LogP contribution in [0.1, 0.15) is 46.2 Å². The van der Waals surface area contributed by atoms with E-state index in [0.717, 1.165) is 12.8 Å². The summed E-state index contributed by atoms with van der Waals surface area (Å²) in [6.07, 6.45) is 9.48. The Bertz CT molecular complexity index is 889. The van der Waals surface area contributed by atoms with Crippen molar-refractivity contribution >= 4 is 11.7 Å². The SMILES string of the molecule is O=C(c1cn2cccnc2n1)N1CCc2[nH]nc(C3CC3)c2CC1. The minimum absolute atomic E-state index is 0.0217. The minimum Gasteiger partial charge on any atom is -0.337 e. The Balaban J connectivity index is 1.38. The van der Waals surface area contributed by atoms with Gasteiger partial charge in [-0.1, -0.05) is 0 Å². The lowest BCUT2D eigenvalue weighted by molar-refractivity contribution is 0.0757. The Kier molecular flexibility index (Phi) is 2.95. The Morgan fingerprint density at radius 2 is 2.12 bits per heavy atom. The van der Waals surface area contributed by atoms with Gasteiger partial charge >= 0.3 is 0 Å². The molecule has 1 aliphatic carbocycles. The quantitative estimate of drug-likeness (QED) is 0.777. The van der Waals surface area contributed by atoms with E-state index in [9.17, 15) is 4.79 Å². The molecule has 1 saturated carbocycles. The van der Waals surface area contributed by atoms with Crippen molar-refractivity contribution in [3.63, 3.8) is 0 Å². The van der Waals surface area contributed by atoms with Gasteiger partial charge in [-0.15, -0.1) is 0 Å². The van der Waals surface area contributed by atoms with Crippen LogP contribution in [0, 0.1) is 0 Å². The molecule has 0 radical (unpaired) electrons. The molecule has 24 heavy (non-hydrogen) atoms. The van der Waals surface area contributed by atoms with Crippen molar-refractivity contribution in [1.29, 1.82) is 0 Å². The van der Waals surface area contributed by atoms with Crippen LogP contribution >= 0.6 is 0 Å². The van der Waals surface area contributed by atoms with E-state index in [1.54, 1.807) is 16.8 Å². The molecule has 0 aromatic carbocycles. The lowest BCUT2D eigenvalue weighted by Gasteiger charge is -2.18. The predicted octanol–water partition coefficient (Wildman–Crippen LogP) is 1.57. The van der Waals surface area contributed by atoms with E-state index in [1.807, 2.05) is 17.2 Å². The summed E-state index contributed by atoms with van der Waals surface area (Å²) >= 11 is 0. The van der Waals surface area contributed by atoms with Crippen LogP contribution in [0.2, 0.25) is 0 Å². The normalized spacial score (nSPS) is 17.8. The van der Waals surface area contributed by atoms with Crippen LogP contribution < -0.4 is 0 Å². The van der Waals surface area contributed by atoms with Gasteiger partial charge in [-0.3, -0.25) is 14.3 Å². The van der Waals surface area contributed by atoms with Crippen LogP contribution in [0.5, 0.6) is 0 Å². The first kappa shape index (κ1) is 13.7. The average Bonchev–Trinajstić information content (AvgIpc) is 3.29. The highest BCUT2D eigenvalue weighted by Gasteiger charge is 2.32. The Morgan fingerprint density at radius 3 is 2.96 bits per heavy atom. The average molecular weight is 322 g/mol. The maximum Gasteiger partial charge on any atom is 0.274 e. The molecule has 5 rings (SSSR count). The molecule has 1 N–H and O–H groups in total. The molecule has 1 aliphatic heterocycles. The van der Waals surface area contributed by atoms with Crippen molar-refractivity contribution in [2.24, 2.45) is 0 Å². The summed E-state index contributed by atoms with van der Waals surface area (Å²) in [6.45, 7) is 1.41. The van der Waals surface area contributed by atoms with Gasteiger partial charge in [-0.25, -0.2) is 9.97 Å². The van der Waals surface area contributed by atoms with E-state index in [4.69, 9.17) is 0 Å².